The fourth-order valence-electron chi connectivity index (χ4n) is 8.07. The third-order valence-corrected chi connectivity index (χ3v) is 9.48. The molecule has 2 heterocycles. The van der Waals surface area contributed by atoms with E-state index in [1.807, 2.05) is 13.8 Å². The number of hydrogen-bond donors (Lipinski definition) is 3. The van der Waals surface area contributed by atoms with Crippen molar-refractivity contribution in [3.63, 3.8) is 0 Å². The van der Waals surface area contributed by atoms with Crippen LogP contribution in [0.4, 0.5) is 0 Å². The van der Waals surface area contributed by atoms with Gasteiger partial charge in [-0.15, -0.1) is 0 Å². The maximum Gasteiger partial charge on any atom is 0.333 e. The highest BCUT2D eigenvalue weighted by Gasteiger charge is 2.73. The molecule has 0 amide bonds. The molecule has 2 fully saturated rings. The first-order chi connectivity index (χ1) is 16.3. The standard InChI is InChI=1S/C26H32O9/c1-11-12(13-9-18(29)35-23(13)31)8-14-19(11)26(4)15(10-17(28)33-5)25(3)16(27)6-7-24(2,32)21(25)20(30)22(26)34-14/h6-7,9,12,14-15,20-23,30-32H,8,10H2,1-5H3/t12-,14+,15-,20-,21+,22-,23?,24-,25+,26-/m1/s1. The zero-order valence-corrected chi connectivity index (χ0v) is 20.5. The molecule has 3 aliphatic carbocycles. The predicted octanol–water partition coefficient (Wildman–Crippen LogP) is 0.964. The minimum Gasteiger partial charge on any atom is -0.469 e. The zero-order valence-electron chi connectivity index (χ0n) is 20.5. The van der Waals surface area contributed by atoms with Gasteiger partial charge in [0.25, 0.3) is 0 Å². The number of esters is 2. The Balaban J connectivity index is 1.69. The molecule has 10 atom stereocenters. The monoisotopic (exact) mass is 488 g/mol. The minimum absolute atomic E-state index is 0.108. The molecule has 5 aliphatic rings. The Labute approximate surface area is 203 Å². The summed E-state index contributed by atoms with van der Waals surface area (Å²) in [6.07, 6.45) is 0.603. The van der Waals surface area contributed by atoms with Crippen LogP contribution in [0.25, 0.3) is 0 Å². The topological polar surface area (TPSA) is 140 Å². The maximum absolute atomic E-state index is 13.5. The van der Waals surface area contributed by atoms with Gasteiger partial charge >= 0.3 is 11.9 Å². The number of rotatable bonds is 3. The Morgan fingerprint density at radius 2 is 1.89 bits per heavy atom. The highest BCUT2D eigenvalue weighted by molar-refractivity contribution is 5.97. The van der Waals surface area contributed by atoms with Crippen LogP contribution in [-0.2, 0) is 28.6 Å². The number of hydrogen-bond acceptors (Lipinski definition) is 9. The lowest BCUT2D eigenvalue weighted by Gasteiger charge is -2.61. The number of cyclic esters (lactones) is 1. The lowest BCUT2D eigenvalue weighted by molar-refractivity contribution is -0.222. The van der Waals surface area contributed by atoms with Crippen LogP contribution in [0.3, 0.4) is 0 Å². The van der Waals surface area contributed by atoms with E-state index in [9.17, 15) is 29.7 Å². The molecular weight excluding hydrogens is 456 g/mol. The van der Waals surface area contributed by atoms with Gasteiger partial charge in [-0.05, 0) is 43.9 Å². The van der Waals surface area contributed by atoms with Gasteiger partial charge < -0.3 is 29.5 Å². The number of carbonyl (C=O) groups is 3. The fraction of sp³-hybridized carbons (Fsp3) is 0.654. The predicted molar refractivity (Wildman–Crippen MR) is 120 cm³/mol. The number of carbonyl (C=O) groups excluding carboxylic acids is 3. The summed E-state index contributed by atoms with van der Waals surface area (Å²) in [5, 5.41) is 33.2. The van der Waals surface area contributed by atoms with Crippen molar-refractivity contribution in [3.8, 4) is 0 Å². The molecule has 0 aromatic carbocycles. The summed E-state index contributed by atoms with van der Waals surface area (Å²) in [5.41, 5.74) is -1.57. The van der Waals surface area contributed by atoms with E-state index in [0.717, 1.165) is 11.1 Å². The molecule has 9 nitrogen and oxygen atoms in total. The molecule has 1 saturated heterocycles. The van der Waals surface area contributed by atoms with Crippen LogP contribution in [0.15, 0.2) is 34.9 Å². The zero-order chi connectivity index (χ0) is 25.7. The Hall–Kier alpha value is -2.33. The van der Waals surface area contributed by atoms with Gasteiger partial charge in [-0.2, -0.15) is 0 Å². The highest BCUT2D eigenvalue weighted by Crippen LogP contribution is 2.68. The summed E-state index contributed by atoms with van der Waals surface area (Å²) in [7, 11) is 1.29. The first-order valence-corrected chi connectivity index (χ1v) is 12.0. The van der Waals surface area contributed by atoms with Crippen LogP contribution in [0.1, 0.15) is 40.5 Å². The largest absolute Gasteiger partial charge is 0.469 e. The Morgan fingerprint density at radius 1 is 1.20 bits per heavy atom. The van der Waals surface area contributed by atoms with Crippen molar-refractivity contribution in [2.45, 2.75) is 70.7 Å². The van der Waals surface area contributed by atoms with Gasteiger partial charge in [0, 0.05) is 34.3 Å². The molecule has 0 radical (unpaired) electrons. The van der Waals surface area contributed by atoms with E-state index in [2.05, 4.69) is 0 Å². The third-order valence-electron chi connectivity index (χ3n) is 9.48. The van der Waals surface area contributed by atoms with Gasteiger partial charge in [0.2, 0.25) is 6.29 Å². The number of aliphatic hydroxyl groups excluding tert-OH is 2. The average molecular weight is 489 g/mol. The number of fused-ring (bicyclic) bond motifs is 4. The summed E-state index contributed by atoms with van der Waals surface area (Å²) in [6, 6.07) is 0. The minimum atomic E-state index is -1.50. The Morgan fingerprint density at radius 3 is 2.49 bits per heavy atom. The number of allylic oxidation sites excluding steroid dienone is 2. The molecule has 9 heteroatoms. The molecule has 190 valence electrons. The molecule has 35 heavy (non-hydrogen) atoms. The molecule has 3 N–H and O–H groups in total. The molecule has 1 unspecified atom stereocenters. The molecule has 2 aliphatic heterocycles. The van der Waals surface area contributed by atoms with Gasteiger partial charge in [0.15, 0.2) is 5.78 Å². The van der Waals surface area contributed by atoms with Crippen LogP contribution in [0, 0.1) is 28.6 Å². The number of ketones is 1. The van der Waals surface area contributed by atoms with Gasteiger partial charge in [0.05, 0.1) is 37.4 Å². The molecular formula is C26H32O9. The van der Waals surface area contributed by atoms with Gasteiger partial charge in [-0.3, -0.25) is 9.59 Å². The average Bonchev–Trinajstić information content (AvgIpc) is 3.39. The second kappa shape index (κ2) is 7.59. The molecule has 5 rings (SSSR count). The van der Waals surface area contributed by atoms with E-state index in [4.69, 9.17) is 14.2 Å². The van der Waals surface area contributed by atoms with E-state index in [1.54, 1.807) is 13.8 Å². The lowest BCUT2D eigenvalue weighted by Crippen LogP contribution is -2.69. The third kappa shape index (κ3) is 3.05. The van der Waals surface area contributed by atoms with Crippen molar-refractivity contribution in [1.82, 2.24) is 0 Å². The van der Waals surface area contributed by atoms with E-state index in [1.165, 1.54) is 25.3 Å². The van der Waals surface area contributed by atoms with Gasteiger partial charge in [-0.1, -0.05) is 19.4 Å². The Kier molecular flexibility index (Phi) is 5.28. The van der Waals surface area contributed by atoms with Crippen molar-refractivity contribution in [2.24, 2.45) is 28.6 Å². The van der Waals surface area contributed by atoms with Crippen LogP contribution < -0.4 is 0 Å². The lowest BCUT2D eigenvalue weighted by atomic mass is 9.43. The van der Waals surface area contributed by atoms with E-state index in [-0.39, 0.29) is 18.1 Å². The fourth-order valence-corrected chi connectivity index (χ4v) is 8.07. The van der Waals surface area contributed by atoms with Gasteiger partial charge in [-0.25, -0.2) is 4.79 Å². The molecule has 0 bridgehead atoms. The highest BCUT2D eigenvalue weighted by atomic mass is 16.6. The van der Waals surface area contributed by atoms with Crippen LogP contribution in [0.5, 0.6) is 0 Å². The smallest absolute Gasteiger partial charge is 0.333 e. The number of ether oxygens (including phenoxy) is 3. The first-order valence-electron chi connectivity index (χ1n) is 12.0. The van der Waals surface area contributed by atoms with Crippen molar-refractivity contribution in [1.29, 1.82) is 0 Å². The maximum atomic E-state index is 13.5. The molecule has 0 spiro atoms. The van der Waals surface area contributed by atoms with Crippen LogP contribution in [0.2, 0.25) is 0 Å². The van der Waals surface area contributed by atoms with Crippen LogP contribution >= 0.6 is 0 Å². The van der Waals surface area contributed by atoms with E-state index in [0.29, 0.717) is 12.0 Å². The molecule has 0 aromatic rings. The summed E-state index contributed by atoms with van der Waals surface area (Å²) in [5.74, 6) is -3.26. The van der Waals surface area contributed by atoms with Crippen LogP contribution in [-0.4, -0.2) is 70.4 Å². The van der Waals surface area contributed by atoms with Crippen molar-refractivity contribution in [2.75, 3.05) is 7.11 Å². The Bertz CT molecular complexity index is 1100. The number of aliphatic hydroxyl groups is 3. The molecule has 1 saturated carbocycles. The molecule has 0 aromatic heterocycles. The van der Waals surface area contributed by atoms with Crippen molar-refractivity contribution in [3.05, 3.63) is 34.9 Å². The van der Waals surface area contributed by atoms with E-state index < -0.39 is 64.8 Å². The van der Waals surface area contributed by atoms with Crippen molar-refractivity contribution >= 4 is 17.7 Å². The number of methoxy groups -OCH3 is 1. The summed E-state index contributed by atoms with van der Waals surface area (Å²) >= 11 is 0. The van der Waals surface area contributed by atoms with Crippen molar-refractivity contribution < 1.29 is 43.9 Å². The summed E-state index contributed by atoms with van der Waals surface area (Å²) in [6.45, 7) is 7.06. The quantitative estimate of drug-likeness (QED) is 0.391. The second-order valence-corrected chi connectivity index (χ2v) is 11.2. The van der Waals surface area contributed by atoms with Gasteiger partial charge in [0.1, 0.15) is 0 Å². The summed E-state index contributed by atoms with van der Waals surface area (Å²) in [4.78, 5) is 37.9. The SMILES string of the molecule is COC(=O)C[C@H]1[C@]2(C)C3=C(C)[C@H](C4=CC(=O)OC4O)C[C@@H]3O[C@@H]2[C@H](O)[C@@H]2[C@]1(C)C(=O)C=C[C@@]2(C)O. The van der Waals surface area contributed by atoms with E-state index >= 15 is 0 Å². The summed E-state index contributed by atoms with van der Waals surface area (Å²) < 4.78 is 16.4. The first kappa shape index (κ1) is 24.4. The second-order valence-electron chi connectivity index (χ2n) is 11.2. The normalized spacial score (nSPS) is 48.3.